The van der Waals surface area contributed by atoms with Crippen molar-refractivity contribution in [3.05, 3.63) is 45.7 Å². The van der Waals surface area contributed by atoms with Gasteiger partial charge in [-0.1, -0.05) is 13.0 Å². The van der Waals surface area contributed by atoms with Crippen LogP contribution < -0.4 is 11.1 Å². The van der Waals surface area contributed by atoms with Crippen LogP contribution in [0.2, 0.25) is 0 Å². The first-order valence-electron chi connectivity index (χ1n) is 13.6. The lowest BCUT2D eigenvalue weighted by atomic mass is 9.57. The molecule has 0 aromatic heterocycles. The Morgan fingerprint density at radius 3 is 2.41 bits per heavy atom. The van der Waals surface area contributed by atoms with Crippen molar-refractivity contribution in [1.82, 2.24) is 10.2 Å². The summed E-state index contributed by atoms with van der Waals surface area (Å²) >= 11 is 0. The smallest absolute Gasteiger partial charge is 0.255 e. The predicted molar refractivity (Wildman–Crippen MR) is 143 cm³/mol. The average Bonchev–Trinajstić information content (AvgIpc) is 2.86. The standard InChI is InChI=1S/C29H37N3O7/c1-13-4-7-16(8-5-13)31-12-14-6-9-19(33)21-17(14)10-15-11-18-23(32(2)3)25(35)22(28(30)38)27(37)29(18,39)26(36)20(15)24(21)34/h6,9,13,15-16,18,23,31,33-34,37,39H,4-5,7-8,10-12H2,1-3H3,(H2,30,38). The summed E-state index contributed by atoms with van der Waals surface area (Å²) in [6, 6.07) is 2.57. The van der Waals surface area contributed by atoms with Gasteiger partial charge in [0.1, 0.15) is 22.8 Å². The number of Topliss-reactive ketones (excluding diaryl/α,β-unsaturated/α-hetero) is 2. The average molecular weight is 540 g/mol. The zero-order valence-electron chi connectivity index (χ0n) is 22.5. The number of rotatable bonds is 5. The monoisotopic (exact) mass is 539 g/mol. The maximum atomic E-state index is 13.9. The van der Waals surface area contributed by atoms with Crippen molar-refractivity contribution in [2.24, 2.45) is 23.5 Å². The van der Waals surface area contributed by atoms with Crippen molar-refractivity contribution >= 4 is 23.2 Å². The molecule has 1 aromatic carbocycles. The minimum absolute atomic E-state index is 0.0782. The fraction of sp³-hybridized carbons (Fsp3) is 0.552. The van der Waals surface area contributed by atoms with Crippen molar-refractivity contribution in [2.75, 3.05) is 14.1 Å². The number of phenols is 1. The molecule has 0 bridgehead atoms. The molecule has 1 amide bonds. The number of aliphatic hydroxyl groups excluding tert-OH is 2. The summed E-state index contributed by atoms with van der Waals surface area (Å²) in [5.41, 5.74) is 3.51. The minimum Gasteiger partial charge on any atom is -0.508 e. The first-order valence-corrected chi connectivity index (χ1v) is 13.6. The number of phenolic OH excluding ortho intramolecular Hbond substituents is 1. The number of fused-ring (bicyclic) bond motifs is 3. The van der Waals surface area contributed by atoms with Gasteiger partial charge >= 0.3 is 0 Å². The largest absolute Gasteiger partial charge is 0.508 e. The first kappa shape index (κ1) is 27.4. The molecule has 5 rings (SSSR count). The van der Waals surface area contributed by atoms with Crippen LogP contribution in [0.4, 0.5) is 0 Å². The summed E-state index contributed by atoms with van der Waals surface area (Å²) in [7, 11) is 3.17. The summed E-state index contributed by atoms with van der Waals surface area (Å²) in [5, 5.41) is 48.3. The van der Waals surface area contributed by atoms with E-state index in [4.69, 9.17) is 5.73 Å². The van der Waals surface area contributed by atoms with Crippen LogP contribution in [0.1, 0.15) is 55.7 Å². The molecule has 39 heavy (non-hydrogen) atoms. The highest BCUT2D eigenvalue weighted by Gasteiger charge is 2.64. The van der Waals surface area contributed by atoms with E-state index in [1.165, 1.54) is 11.0 Å². The quantitative estimate of drug-likeness (QED) is 0.304. The number of amides is 1. The van der Waals surface area contributed by atoms with Gasteiger partial charge in [0, 0.05) is 24.1 Å². The van der Waals surface area contributed by atoms with E-state index >= 15 is 0 Å². The van der Waals surface area contributed by atoms with Crippen LogP contribution in [-0.4, -0.2) is 74.6 Å². The zero-order valence-corrected chi connectivity index (χ0v) is 22.5. The van der Waals surface area contributed by atoms with Gasteiger partial charge in [-0.2, -0.15) is 0 Å². The number of carbonyl (C=O) groups excluding carboxylic acids is 3. The van der Waals surface area contributed by atoms with Crippen LogP contribution in [0.25, 0.3) is 5.76 Å². The van der Waals surface area contributed by atoms with Crippen LogP contribution in [0, 0.1) is 17.8 Å². The Kier molecular flexibility index (Phi) is 6.85. The van der Waals surface area contributed by atoms with Gasteiger partial charge < -0.3 is 31.5 Å². The molecule has 10 heteroatoms. The molecule has 4 aliphatic carbocycles. The fourth-order valence-corrected chi connectivity index (χ4v) is 7.19. The van der Waals surface area contributed by atoms with Crippen molar-refractivity contribution in [1.29, 1.82) is 0 Å². The maximum Gasteiger partial charge on any atom is 0.255 e. The third-order valence-corrected chi connectivity index (χ3v) is 9.30. The third-order valence-electron chi connectivity index (χ3n) is 9.30. The molecular formula is C29H37N3O7. The highest BCUT2D eigenvalue weighted by atomic mass is 16.3. The first-order chi connectivity index (χ1) is 18.4. The molecule has 0 radical (unpaired) electrons. The van der Waals surface area contributed by atoms with Crippen LogP contribution in [0.5, 0.6) is 5.75 Å². The van der Waals surface area contributed by atoms with Crippen molar-refractivity contribution in [3.8, 4) is 5.75 Å². The Morgan fingerprint density at radius 1 is 1.13 bits per heavy atom. The SMILES string of the molecule is CC1CCC(NCc2ccc(O)c3c2CC2CC4C(N(C)C)C(=O)C(C(N)=O)=C(O)C4(O)C(=O)C2=C3O)CC1. The van der Waals surface area contributed by atoms with E-state index in [2.05, 4.69) is 12.2 Å². The third kappa shape index (κ3) is 4.16. The predicted octanol–water partition coefficient (Wildman–Crippen LogP) is 1.63. The van der Waals surface area contributed by atoms with E-state index in [-0.39, 0.29) is 23.3 Å². The van der Waals surface area contributed by atoms with Crippen molar-refractivity contribution in [3.63, 3.8) is 0 Å². The Bertz CT molecular complexity index is 1310. The highest BCUT2D eigenvalue weighted by Crippen LogP contribution is 2.53. The van der Waals surface area contributed by atoms with Crippen LogP contribution in [0.3, 0.4) is 0 Å². The molecule has 4 atom stereocenters. The van der Waals surface area contributed by atoms with Crippen LogP contribution >= 0.6 is 0 Å². The Balaban J connectivity index is 1.57. The molecule has 2 saturated carbocycles. The lowest BCUT2D eigenvalue weighted by Crippen LogP contribution is -2.65. The van der Waals surface area contributed by atoms with Crippen molar-refractivity contribution in [2.45, 2.75) is 69.7 Å². The van der Waals surface area contributed by atoms with Crippen LogP contribution in [-0.2, 0) is 27.3 Å². The molecule has 0 spiro atoms. The number of ketones is 2. The van der Waals surface area contributed by atoms with Crippen molar-refractivity contribution < 1.29 is 34.8 Å². The van der Waals surface area contributed by atoms with Gasteiger partial charge in [0.05, 0.1) is 11.6 Å². The second kappa shape index (κ2) is 9.76. The molecule has 7 N–H and O–H groups in total. The Morgan fingerprint density at radius 2 is 1.79 bits per heavy atom. The number of aliphatic hydroxyl groups is 3. The number of carbonyl (C=O) groups is 3. The summed E-state index contributed by atoms with van der Waals surface area (Å²) in [5.74, 6) is -5.69. The molecule has 0 heterocycles. The Hall–Kier alpha value is -3.21. The van der Waals surface area contributed by atoms with E-state index in [9.17, 15) is 34.8 Å². The molecular weight excluding hydrogens is 502 g/mol. The number of hydrogen-bond donors (Lipinski definition) is 6. The molecule has 0 aliphatic heterocycles. The lowest BCUT2D eigenvalue weighted by Gasteiger charge is -2.50. The number of hydrogen-bond acceptors (Lipinski definition) is 9. The van der Waals surface area contributed by atoms with Gasteiger partial charge in [-0.25, -0.2) is 0 Å². The number of benzene rings is 1. The zero-order chi connectivity index (χ0) is 28.4. The number of likely N-dealkylation sites (N-methyl/N-ethyl adjacent to an activating group) is 1. The van der Waals surface area contributed by atoms with Gasteiger partial charge in [0.15, 0.2) is 11.4 Å². The molecule has 1 aromatic rings. The Labute approximate surface area is 227 Å². The molecule has 210 valence electrons. The molecule has 10 nitrogen and oxygen atoms in total. The summed E-state index contributed by atoms with van der Waals surface area (Å²) in [6.07, 6.45) is 4.86. The fourth-order valence-electron chi connectivity index (χ4n) is 7.19. The number of nitrogens with one attached hydrogen (secondary N) is 1. The number of primary amides is 1. The van der Waals surface area contributed by atoms with Gasteiger partial charge in [0.25, 0.3) is 5.91 Å². The topological polar surface area (TPSA) is 173 Å². The second-order valence-corrected chi connectivity index (χ2v) is 11.9. The van der Waals surface area contributed by atoms with Crippen LogP contribution in [0.15, 0.2) is 29.0 Å². The lowest BCUT2D eigenvalue weighted by molar-refractivity contribution is -0.153. The second-order valence-electron chi connectivity index (χ2n) is 11.9. The maximum absolute atomic E-state index is 13.9. The number of nitrogens with two attached hydrogens (primary N) is 1. The summed E-state index contributed by atoms with van der Waals surface area (Å²) in [4.78, 5) is 40.7. The summed E-state index contributed by atoms with van der Waals surface area (Å²) < 4.78 is 0. The van der Waals surface area contributed by atoms with Gasteiger partial charge in [-0.05, 0) is 81.6 Å². The number of aromatic hydroxyl groups is 1. The molecule has 0 saturated heterocycles. The van der Waals surface area contributed by atoms with Gasteiger partial charge in [0.2, 0.25) is 5.78 Å². The minimum atomic E-state index is -2.63. The molecule has 2 fully saturated rings. The van der Waals surface area contributed by atoms with E-state index in [1.807, 2.05) is 6.07 Å². The van der Waals surface area contributed by atoms with E-state index in [0.29, 0.717) is 24.6 Å². The van der Waals surface area contributed by atoms with E-state index in [1.54, 1.807) is 14.1 Å². The number of nitrogens with zero attached hydrogens (tertiary/aromatic N) is 1. The van der Waals surface area contributed by atoms with Gasteiger partial charge in [-0.3, -0.25) is 19.3 Å². The molecule has 4 unspecified atom stereocenters. The van der Waals surface area contributed by atoms with Gasteiger partial charge in [-0.15, -0.1) is 0 Å². The summed E-state index contributed by atoms with van der Waals surface area (Å²) in [6.45, 7) is 2.79. The molecule has 4 aliphatic rings. The normalized spacial score (nSPS) is 32.7. The van der Waals surface area contributed by atoms with E-state index in [0.717, 1.165) is 37.2 Å². The van der Waals surface area contributed by atoms with E-state index < -0.39 is 58.0 Å². The highest BCUT2D eigenvalue weighted by molar-refractivity contribution is 6.24.